The molecule has 2 aromatic carbocycles. The number of urea groups is 2. The van der Waals surface area contributed by atoms with Gasteiger partial charge in [0.1, 0.15) is 0 Å². The highest BCUT2D eigenvalue weighted by Crippen LogP contribution is 2.12. The highest BCUT2D eigenvalue weighted by atomic mass is 16.2. The van der Waals surface area contributed by atoms with E-state index in [1.165, 1.54) is 11.8 Å². The summed E-state index contributed by atoms with van der Waals surface area (Å²) in [4.78, 5) is 36.5. The number of nitrogens with one attached hydrogen (secondary N) is 3. The molecule has 0 spiro atoms. The molecular weight excluding hydrogens is 332 g/mol. The number of amides is 4. The van der Waals surface area contributed by atoms with Crippen LogP contribution in [-0.2, 0) is 6.54 Å². The third kappa shape index (κ3) is 5.62. The molecule has 2 aromatic rings. The van der Waals surface area contributed by atoms with Gasteiger partial charge in [0.15, 0.2) is 5.78 Å². The Kier molecular flexibility index (Phi) is 6.32. The summed E-state index contributed by atoms with van der Waals surface area (Å²) in [6, 6.07) is 13.4. The standard InChI is InChI=1S/C19H22N4O3/c1-13(24)15-7-5-9-17(11-15)21-18(25)20-12-14-6-4-8-16(10-14)22-19(26)23(2)3/h4-11H,12H2,1-3H3,(H,22,26)(H2,20,21,25). The van der Waals surface area contributed by atoms with Crippen molar-refractivity contribution in [1.29, 1.82) is 0 Å². The van der Waals surface area contributed by atoms with Crippen LogP contribution < -0.4 is 16.0 Å². The van der Waals surface area contributed by atoms with Gasteiger partial charge in [-0.15, -0.1) is 0 Å². The van der Waals surface area contributed by atoms with Crippen LogP contribution in [0.4, 0.5) is 21.0 Å². The lowest BCUT2D eigenvalue weighted by Crippen LogP contribution is -2.28. The number of hydrogen-bond acceptors (Lipinski definition) is 3. The van der Waals surface area contributed by atoms with Crippen LogP contribution in [-0.4, -0.2) is 36.8 Å². The second kappa shape index (κ2) is 8.66. The first-order chi connectivity index (χ1) is 12.3. The fourth-order valence-corrected chi connectivity index (χ4v) is 2.17. The van der Waals surface area contributed by atoms with E-state index < -0.39 is 0 Å². The minimum Gasteiger partial charge on any atom is -0.334 e. The van der Waals surface area contributed by atoms with Gasteiger partial charge in [0.2, 0.25) is 0 Å². The molecule has 0 atom stereocenters. The summed E-state index contributed by atoms with van der Waals surface area (Å²) >= 11 is 0. The molecule has 4 amide bonds. The van der Waals surface area contributed by atoms with Crippen LogP contribution in [0.1, 0.15) is 22.8 Å². The van der Waals surface area contributed by atoms with Crippen LogP contribution >= 0.6 is 0 Å². The first-order valence-electron chi connectivity index (χ1n) is 8.08. The second-order valence-corrected chi connectivity index (χ2v) is 5.97. The number of carbonyl (C=O) groups excluding carboxylic acids is 3. The summed E-state index contributed by atoms with van der Waals surface area (Å²) in [5.41, 5.74) is 2.57. The van der Waals surface area contributed by atoms with Gasteiger partial charge >= 0.3 is 12.1 Å². The van der Waals surface area contributed by atoms with E-state index in [1.54, 1.807) is 56.6 Å². The molecule has 0 aliphatic heterocycles. The summed E-state index contributed by atoms with van der Waals surface area (Å²) in [7, 11) is 3.32. The number of carbonyl (C=O) groups is 3. The molecule has 7 heteroatoms. The van der Waals surface area contributed by atoms with Crippen LogP contribution in [0.2, 0.25) is 0 Å². The molecule has 0 aliphatic carbocycles. The lowest BCUT2D eigenvalue weighted by molar-refractivity contribution is 0.101. The SMILES string of the molecule is CC(=O)c1cccc(NC(=O)NCc2cccc(NC(=O)N(C)C)c2)c1. The highest BCUT2D eigenvalue weighted by Gasteiger charge is 2.06. The lowest BCUT2D eigenvalue weighted by Gasteiger charge is -2.13. The van der Waals surface area contributed by atoms with Crippen molar-refractivity contribution in [3.8, 4) is 0 Å². The van der Waals surface area contributed by atoms with E-state index in [2.05, 4.69) is 16.0 Å². The Morgan fingerprint density at radius 3 is 2.23 bits per heavy atom. The maximum atomic E-state index is 12.0. The Bertz CT molecular complexity index is 818. The summed E-state index contributed by atoms with van der Waals surface area (Å²) in [6.07, 6.45) is 0. The van der Waals surface area contributed by atoms with Gasteiger partial charge in [-0.05, 0) is 36.8 Å². The van der Waals surface area contributed by atoms with Crippen LogP contribution in [0, 0.1) is 0 Å². The number of nitrogens with zero attached hydrogens (tertiary/aromatic N) is 1. The van der Waals surface area contributed by atoms with Crippen molar-refractivity contribution in [1.82, 2.24) is 10.2 Å². The number of rotatable bonds is 5. The van der Waals surface area contributed by atoms with Crippen LogP contribution in [0.15, 0.2) is 48.5 Å². The highest BCUT2D eigenvalue weighted by molar-refractivity contribution is 5.96. The first kappa shape index (κ1) is 19.0. The molecule has 0 fully saturated rings. The number of hydrogen-bond donors (Lipinski definition) is 3. The van der Waals surface area contributed by atoms with E-state index in [9.17, 15) is 14.4 Å². The molecule has 0 unspecified atom stereocenters. The zero-order chi connectivity index (χ0) is 19.1. The minimum atomic E-state index is -0.381. The summed E-state index contributed by atoms with van der Waals surface area (Å²) in [5.74, 6) is -0.0642. The third-order valence-corrected chi connectivity index (χ3v) is 3.56. The number of ketones is 1. The monoisotopic (exact) mass is 354 g/mol. The molecule has 0 bridgehead atoms. The van der Waals surface area contributed by atoms with Crippen molar-refractivity contribution in [3.05, 3.63) is 59.7 Å². The van der Waals surface area contributed by atoms with E-state index in [0.29, 0.717) is 23.5 Å². The van der Waals surface area contributed by atoms with Gasteiger partial charge in [-0.25, -0.2) is 9.59 Å². The molecular formula is C19H22N4O3. The molecule has 26 heavy (non-hydrogen) atoms. The number of Topliss-reactive ketones (excluding diaryl/α,β-unsaturated/α-hetero) is 1. The molecule has 0 heterocycles. The Labute approximate surface area is 152 Å². The van der Waals surface area contributed by atoms with Crippen LogP contribution in [0.3, 0.4) is 0 Å². The second-order valence-electron chi connectivity index (χ2n) is 5.97. The summed E-state index contributed by atoms with van der Waals surface area (Å²) < 4.78 is 0. The van der Waals surface area contributed by atoms with Gasteiger partial charge in [-0.2, -0.15) is 0 Å². The molecule has 0 saturated carbocycles. The Morgan fingerprint density at radius 2 is 1.58 bits per heavy atom. The molecule has 0 aliphatic rings. The number of benzene rings is 2. The number of anilines is 2. The zero-order valence-electron chi connectivity index (χ0n) is 15.0. The fraction of sp³-hybridized carbons (Fsp3) is 0.211. The maximum absolute atomic E-state index is 12.0. The van der Waals surface area contributed by atoms with Gasteiger partial charge in [-0.3, -0.25) is 4.79 Å². The van der Waals surface area contributed by atoms with Gasteiger partial charge < -0.3 is 20.9 Å². The van der Waals surface area contributed by atoms with Gasteiger partial charge in [0, 0.05) is 37.6 Å². The predicted octanol–water partition coefficient (Wildman–Crippen LogP) is 3.30. The first-order valence-corrected chi connectivity index (χ1v) is 8.08. The van der Waals surface area contributed by atoms with E-state index >= 15 is 0 Å². The Hall–Kier alpha value is -3.35. The van der Waals surface area contributed by atoms with Gasteiger partial charge in [0.25, 0.3) is 0 Å². The minimum absolute atomic E-state index is 0.0642. The lowest BCUT2D eigenvalue weighted by atomic mass is 10.1. The van der Waals surface area contributed by atoms with Gasteiger partial charge in [-0.1, -0.05) is 24.3 Å². The van der Waals surface area contributed by atoms with Crippen molar-refractivity contribution < 1.29 is 14.4 Å². The van der Waals surface area contributed by atoms with E-state index in [0.717, 1.165) is 5.56 Å². The maximum Gasteiger partial charge on any atom is 0.321 e. The molecule has 0 radical (unpaired) electrons. The summed E-state index contributed by atoms with van der Waals surface area (Å²) in [5, 5.41) is 8.18. The summed E-state index contributed by atoms with van der Waals surface area (Å²) in [6.45, 7) is 1.77. The average molecular weight is 354 g/mol. The van der Waals surface area contributed by atoms with Crippen molar-refractivity contribution in [2.24, 2.45) is 0 Å². The van der Waals surface area contributed by atoms with Crippen molar-refractivity contribution in [3.63, 3.8) is 0 Å². The third-order valence-electron chi connectivity index (χ3n) is 3.56. The normalized spacial score (nSPS) is 9.96. The van der Waals surface area contributed by atoms with E-state index in [4.69, 9.17) is 0 Å². The molecule has 136 valence electrons. The zero-order valence-corrected chi connectivity index (χ0v) is 15.0. The van der Waals surface area contributed by atoms with E-state index in [-0.39, 0.29) is 17.8 Å². The van der Waals surface area contributed by atoms with Crippen molar-refractivity contribution >= 4 is 29.2 Å². The molecule has 0 saturated heterocycles. The van der Waals surface area contributed by atoms with E-state index in [1.807, 2.05) is 6.07 Å². The largest absolute Gasteiger partial charge is 0.334 e. The quantitative estimate of drug-likeness (QED) is 0.720. The molecule has 2 rings (SSSR count). The van der Waals surface area contributed by atoms with Crippen LogP contribution in [0.25, 0.3) is 0 Å². The molecule has 7 nitrogen and oxygen atoms in total. The topological polar surface area (TPSA) is 90.5 Å². The van der Waals surface area contributed by atoms with Crippen molar-refractivity contribution in [2.75, 3.05) is 24.7 Å². The predicted molar refractivity (Wildman–Crippen MR) is 101 cm³/mol. The Balaban J connectivity index is 1.92. The molecule has 0 aromatic heterocycles. The Morgan fingerprint density at radius 1 is 0.923 bits per heavy atom. The average Bonchev–Trinajstić information content (AvgIpc) is 2.60. The van der Waals surface area contributed by atoms with Crippen LogP contribution in [0.5, 0.6) is 0 Å². The fourth-order valence-electron chi connectivity index (χ4n) is 2.17. The smallest absolute Gasteiger partial charge is 0.321 e. The molecule has 3 N–H and O–H groups in total. The van der Waals surface area contributed by atoms with Gasteiger partial charge in [0.05, 0.1) is 0 Å². The van der Waals surface area contributed by atoms with Crippen molar-refractivity contribution in [2.45, 2.75) is 13.5 Å².